The molecule has 0 saturated carbocycles. The zero-order valence-corrected chi connectivity index (χ0v) is 18.7. The molecule has 0 saturated heterocycles. The summed E-state index contributed by atoms with van der Waals surface area (Å²) in [6, 6.07) is 13.6. The molecule has 2 aromatic carbocycles. The van der Waals surface area contributed by atoms with Crippen LogP contribution in [-0.2, 0) is 5.66 Å². The average Bonchev–Trinajstić information content (AvgIpc) is 3.40. The summed E-state index contributed by atoms with van der Waals surface area (Å²) < 4.78 is 7.55. The fraction of sp³-hybridized carbons (Fsp3) is 0.182. The Morgan fingerprint density at radius 2 is 1.94 bits per heavy atom. The van der Waals surface area contributed by atoms with Crippen LogP contribution >= 0.6 is 22.9 Å². The van der Waals surface area contributed by atoms with Crippen LogP contribution < -0.4 is 10.1 Å². The summed E-state index contributed by atoms with van der Waals surface area (Å²) in [7, 11) is 1.65. The first-order valence-corrected chi connectivity index (χ1v) is 10.9. The van der Waals surface area contributed by atoms with E-state index >= 15 is 0 Å². The van der Waals surface area contributed by atoms with Gasteiger partial charge in [0.2, 0.25) is 0 Å². The van der Waals surface area contributed by atoms with Crippen molar-refractivity contribution in [1.29, 1.82) is 0 Å². The molecule has 2 aromatic heterocycles. The Balaban J connectivity index is 1.82. The normalized spacial score (nSPS) is 17.4. The topological polar surface area (TPSA) is 77.2 Å². The van der Waals surface area contributed by atoms with Gasteiger partial charge in [0, 0.05) is 27.7 Å². The zero-order valence-electron chi connectivity index (χ0n) is 17.1. The number of ether oxygens (including phenoxy) is 1. The van der Waals surface area contributed by atoms with E-state index in [1.54, 1.807) is 13.3 Å². The molecule has 0 radical (unpaired) electrons. The Labute approximate surface area is 188 Å². The Morgan fingerprint density at radius 1 is 1.13 bits per heavy atom. The van der Waals surface area contributed by atoms with Crippen molar-refractivity contribution in [2.24, 2.45) is 4.99 Å². The number of hydrogen-bond acceptors (Lipinski definition) is 7. The maximum absolute atomic E-state index is 6.16. The van der Waals surface area contributed by atoms with Gasteiger partial charge in [0.25, 0.3) is 0 Å². The zero-order chi connectivity index (χ0) is 21.6. The second kappa shape index (κ2) is 7.47. The van der Waals surface area contributed by atoms with Crippen molar-refractivity contribution in [2.75, 3.05) is 12.4 Å². The molecule has 0 bridgehead atoms. The van der Waals surface area contributed by atoms with E-state index in [-0.39, 0.29) is 0 Å². The SMILES string of the molecule is COc1ccc2c(c1)C(c1ccc(Cl)cc1)=NC(C)(Nc1nccs1)c1nnc(C)n1-2. The summed E-state index contributed by atoms with van der Waals surface area (Å²) in [5.41, 5.74) is 2.65. The smallest absolute Gasteiger partial charge is 0.190 e. The Morgan fingerprint density at radius 3 is 2.65 bits per heavy atom. The number of fused-ring (bicyclic) bond motifs is 3. The summed E-state index contributed by atoms with van der Waals surface area (Å²) in [5.74, 6) is 2.18. The molecule has 0 aliphatic carbocycles. The highest BCUT2D eigenvalue weighted by atomic mass is 35.5. The van der Waals surface area contributed by atoms with Gasteiger partial charge >= 0.3 is 0 Å². The highest BCUT2D eigenvalue weighted by Crippen LogP contribution is 2.37. The molecular weight excluding hydrogens is 432 g/mol. The molecule has 156 valence electrons. The third kappa shape index (κ3) is 3.37. The van der Waals surface area contributed by atoms with E-state index in [1.807, 2.05) is 66.3 Å². The molecular formula is C22H19ClN6OS. The van der Waals surface area contributed by atoms with Gasteiger partial charge in [-0.15, -0.1) is 21.5 Å². The lowest BCUT2D eigenvalue weighted by Crippen LogP contribution is -2.33. The van der Waals surface area contributed by atoms with Crippen LogP contribution in [0.25, 0.3) is 5.69 Å². The number of aromatic nitrogens is 4. The van der Waals surface area contributed by atoms with E-state index in [1.165, 1.54) is 11.3 Å². The summed E-state index contributed by atoms with van der Waals surface area (Å²) in [6.07, 6.45) is 1.76. The third-order valence-electron chi connectivity index (χ3n) is 5.20. The first kappa shape index (κ1) is 19.7. The number of aryl methyl sites for hydroxylation is 1. The highest BCUT2D eigenvalue weighted by molar-refractivity contribution is 7.13. The fourth-order valence-corrected chi connectivity index (χ4v) is 4.49. The summed E-state index contributed by atoms with van der Waals surface area (Å²) in [6.45, 7) is 3.91. The van der Waals surface area contributed by atoms with Crippen LogP contribution in [0.15, 0.2) is 59.0 Å². The molecule has 1 atom stereocenters. The minimum Gasteiger partial charge on any atom is -0.497 e. The van der Waals surface area contributed by atoms with Gasteiger partial charge in [-0.05, 0) is 44.2 Å². The molecule has 0 amide bonds. The van der Waals surface area contributed by atoms with Crippen LogP contribution in [0, 0.1) is 6.92 Å². The molecule has 0 spiro atoms. The van der Waals surface area contributed by atoms with Crippen LogP contribution in [0.3, 0.4) is 0 Å². The van der Waals surface area contributed by atoms with E-state index in [0.717, 1.165) is 39.2 Å². The van der Waals surface area contributed by atoms with E-state index in [9.17, 15) is 0 Å². The number of thiazole rings is 1. The standard InChI is InChI=1S/C22H19ClN6OS/c1-13-27-28-20-22(2,26-21-24-10-11-31-21)25-19(14-4-6-15(23)7-5-14)17-12-16(30-3)8-9-18(17)29(13)20/h4-12H,1-3H3,(H,24,26). The van der Waals surface area contributed by atoms with Crippen LogP contribution in [-0.4, -0.2) is 32.6 Å². The van der Waals surface area contributed by atoms with Crippen molar-refractivity contribution in [2.45, 2.75) is 19.5 Å². The number of nitrogens with one attached hydrogen (secondary N) is 1. The quantitative estimate of drug-likeness (QED) is 0.481. The minimum atomic E-state index is -0.916. The average molecular weight is 451 g/mol. The predicted octanol–water partition coefficient (Wildman–Crippen LogP) is 4.83. The first-order chi connectivity index (χ1) is 15.0. The molecule has 1 unspecified atom stereocenters. The van der Waals surface area contributed by atoms with Gasteiger partial charge in [-0.1, -0.05) is 23.7 Å². The third-order valence-corrected chi connectivity index (χ3v) is 6.14. The molecule has 3 heterocycles. The van der Waals surface area contributed by atoms with Gasteiger partial charge < -0.3 is 10.1 Å². The number of methoxy groups -OCH3 is 1. The van der Waals surface area contributed by atoms with E-state index in [2.05, 4.69) is 20.5 Å². The summed E-state index contributed by atoms with van der Waals surface area (Å²) >= 11 is 7.66. The van der Waals surface area contributed by atoms with Crippen molar-refractivity contribution in [1.82, 2.24) is 19.7 Å². The van der Waals surface area contributed by atoms with Gasteiger partial charge in [0.15, 0.2) is 16.6 Å². The second-order valence-corrected chi connectivity index (χ2v) is 8.62. The maximum atomic E-state index is 6.16. The first-order valence-electron chi connectivity index (χ1n) is 9.63. The van der Waals surface area contributed by atoms with Gasteiger partial charge in [0.05, 0.1) is 18.5 Å². The Hall–Kier alpha value is -3.23. The van der Waals surface area contributed by atoms with E-state index < -0.39 is 5.66 Å². The van der Waals surface area contributed by atoms with Gasteiger partial charge in [-0.25, -0.2) is 9.98 Å². The number of benzene rings is 2. The van der Waals surface area contributed by atoms with Crippen LogP contribution in [0.5, 0.6) is 5.75 Å². The Bertz CT molecular complexity index is 1280. The largest absolute Gasteiger partial charge is 0.497 e. The number of rotatable bonds is 4. The molecule has 1 N–H and O–H groups in total. The van der Waals surface area contributed by atoms with Crippen LogP contribution in [0.2, 0.25) is 5.02 Å². The molecule has 1 aliphatic rings. The molecule has 4 aromatic rings. The van der Waals surface area contributed by atoms with Crippen molar-refractivity contribution in [3.05, 3.63) is 81.8 Å². The predicted molar refractivity (Wildman–Crippen MR) is 123 cm³/mol. The van der Waals surface area contributed by atoms with E-state index in [4.69, 9.17) is 21.3 Å². The number of nitrogens with zero attached hydrogens (tertiary/aromatic N) is 5. The molecule has 1 aliphatic heterocycles. The van der Waals surface area contributed by atoms with Crippen molar-refractivity contribution < 1.29 is 4.74 Å². The summed E-state index contributed by atoms with van der Waals surface area (Å²) in [5, 5.41) is 15.6. The second-order valence-electron chi connectivity index (χ2n) is 7.29. The lowest BCUT2D eigenvalue weighted by atomic mass is 10.00. The van der Waals surface area contributed by atoms with Crippen molar-refractivity contribution >= 4 is 33.8 Å². The molecule has 9 heteroatoms. The maximum Gasteiger partial charge on any atom is 0.190 e. The number of hydrogen-bond donors (Lipinski definition) is 1. The molecule has 7 nitrogen and oxygen atoms in total. The minimum absolute atomic E-state index is 0.667. The van der Waals surface area contributed by atoms with E-state index in [0.29, 0.717) is 10.8 Å². The Kier molecular flexibility index (Phi) is 4.75. The lowest BCUT2D eigenvalue weighted by Gasteiger charge is -2.25. The monoisotopic (exact) mass is 450 g/mol. The van der Waals surface area contributed by atoms with Gasteiger partial charge in [0.1, 0.15) is 11.6 Å². The lowest BCUT2D eigenvalue weighted by molar-refractivity contribution is 0.414. The number of halogens is 1. The van der Waals surface area contributed by atoms with Crippen LogP contribution in [0.1, 0.15) is 29.7 Å². The fourth-order valence-electron chi connectivity index (χ4n) is 3.73. The van der Waals surface area contributed by atoms with Crippen LogP contribution in [0.4, 0.5) is 5.13 Å². The number of anilines is 1. The summed E-state index contributed by atoms with van der Waals surface area (Å²) in [4.78, 5) is 9.60. The molecule has 5 rings (SSSR count). The molecule has 0 fully saturated rings. The van der Waals surface area contributed by atoms with Gasteiger partial charge in [-0.2, -0.15) is 0 Å². The van der Waals surface area contributed by atoms with Gasteiger partial charge in [-0.3, -0.25) is 4.57 Å². The number of aliphatic imine (C=N–C) groups is 1. The highest BCUT2D eigenvalue weighted by Gasteiger charge is 2.38. The van der Waals surface area contributed by atoms with Crippen molar-refractivity contribution in [3.8, 4) is 11.4 Å². The molecule has 31 heavy (non-hydrogen) atoms. The van der Waals surface area contributed by atoms with Crippen molar-refractivity contribution in [3.63, 3.8) is 0 Å².